The molecule has 0 N–H and O–H groups in total. The normalized spacial score (nSPS) is 11.8. The third kappa shape index (κ3) is 13.8. The number of hydrogen-bond acceptors (Lipinski definition) is 9. The smallest absolute Gasteiger partial charge is 0.155 e. The minimum absolute atomic E-state index is 0.722. The quantitative estimate of drug-likeness (QED) is 0.0827. The fourth-order valence-electron chi connectivity index (χ4n) is 21.0. The second-order valence-corrected chi connectivity index (χ2v) is 35.7. The number of para-hydroxylation sites is 1. The van der Waals surface area contributed by atoms with Crippen LogP contribution >= 0.6 is 0 Å². The molecule has 0 unspecified atom stereocenters. The van der Waals surface area contributed by atoms with E-state index in [1.54, 1.807) is 6.20 Å². The van der Waals surface area contributed by atoms with Gasteiger partial charge in [-0.1, -0.05) is 273 Å². The van der Waals surface area contributed by atoms with Crippen LogP contribution in [0.25, 0.3) is 220 Å². The lowest BCUT2D eigenvalue weighted by molar-refractivity contribution is 0.667. The van der Waals surface area contributed by atoms with E-state index >= 15 is 0 Å². The Labute approximate surface area is 794 Å². The second-order valence-electron chi connectivity index (χ2n) is 35.7. The van der Waals surface area contributed by atoms with Crippen molar-refractivity contribution in [3.63, 3.8) is 0 Å². The summed E-state index contributed by atoms with van der Waals surface area (Å²) >= 11 is 0. The molecule has 0 radical (unpaired) electrons. The topological polar surface area (TPSA) is 87.8 Å². The highest BCUT2D eigenvalue weighted by Gasteiger charge is 2.25. The standard InChI is InChI=1S/C129H80N6O3/c1-2-17-81(18-3-1)82-36-49-97(50-37-82)133(103-62-65-123-121(76-103)129-124(136-123)33-16-67-131-129)99-55-44-87(45-56-99)118-74-95-20-5-7-26-107(95)120-72-93(48-63-112(118)120)91-24-15-22-89(70-91)84-40-53-101(54-41-84)135(105-78-126-128(132-79-105)115-31-12-13-32-122(115)137-126)102-59-46-86(47-60-102)117-75-96-35-34-92(71-119(96)111-30-11-10-29-110(111)117)90-23-14-21-88(69-90)83-38-51-98(52-39-83)134(104-61-64-113-114-66-68-130-80-127(114)138-125(113)77-104)100-57-42-85(43-58-100)116-73-94-19-4-6-25-106(94)108-27-8-9-28-109(108)116/h1-80H. The van der Waals surface area contributed by atoms with Crippen molar-refractivity contribution in [2.24, 2.45) is 0 Å². The first-order valence-electron chi connectivity index (χ1n) is 46.8. The molecule has 0 spiro atoms. The first kappa shape index (κ1) is 79.2. The molecule has 0 aliphatic rings. The molecule has 0 saturated carbocycles. The molecule has 9 nitrogen and oxygen atoms in total. The molecule has 0 amide bonds. The molecule has 27 aromatic rings. The van der Waals surface area contributed by atoms with E-state index in [0.717, 1.165) is 195 Å². The van der Waals surface area contributed by atoms with Gasteiger partial charge in [0, 0.05) is 91.6 Å². The molecule has 6 heterocycles. The predicted molar refractivity (Wildman–Crippen MR) is 574 cm³/mol. The van der Waals surface area contributed by atoms with E-state index in [9.17, 15) is 0 Å². The van der Waals surface area contributed by atoms with Gasteiger partial charge in [-0.3, -0.25) is 9.97 Å². The predicted octanol–water partition coefficient (Wildman–Crippen LogP) is 36.2. The van der Waals surface area contributed by atoms with Crippen LogP contribution in [0.15, 0.2) is 499 Å². The Morgan fingerprint density at radius 2 is 0.514 bits per heavy atom. The minimum Gasteiger partial charge on any atom is -0.454 e. The van der Waals surface area contributed by atoms with Crippen molar-refractivity contribution in [3.05, 3.63) is 486 Å². The van der Waals surface area contributed by atoms with Crippen molar-refractivity contribution < 1.29 is 13.3 Å². The van der Waals surface area contributed by atoms with Crippen LogP contribution in [0.2, 0.25) is 0 Å². The summed E-state index contributed by atoms with van der Waals surface area (Å²) in [6, 6.07) is 167. The molecule has 0 bridgehead atoms. The summed E-state index contributed by atoms with van der Waals surface area (Å²) in [7, 11) is 0. The van der Waals surface area contributed by atoms with Crippen LogP contribution < -0.4 is 14.7 Å². The van der Waals surface area contributed by atoms with Gasteiger partial charge in [-0.25, -0.2) is 4.98 Å². The lowest BCUT2D eigenvalue weighted by atomic mass is 9.90. The number of hydrogen-bond donors (Lipinski definition) is 0. The summed E-state index contributed by atoms with van der Waals surface area (Å²) in [4.78, 5) is 21.2. The van der Waals surface area contributed by atoms with Gasteiger partial charge in [-0.15, -0.1) is 0 Å². The van der Waals surface area contributed by atoms with Crippen LogP contribution in [-0.4, -0.2) is 15.0 Å². The number of furan rings is 3. The third-order valence-corrected chi connectivity index (χ3v) is 27.8. The lowest BCUT2D eigenvalue weighted by Gasteiger charge is -2.26. The van der Waals surface area contributed by atoms with Crippen molar-refractivity contribution >= 4 is 182 Å². The monoisotopic (exact) mass is 1760 g/mol. The number of fused-ring (bicyclic) bond motifs is 18. The summed E-state index contributed by atoms with van der Waals surface area (Å²) in [5.41, 5.74) is 33.6. The largest absolute Gasteiger partial charge is 0.454 e. The van der Waals surface area contributed by atoms with Crippen LogP contribution in [0.3, 0.4) is 0 Å². The van der Waals surface area contributed by atoms with E-state index in [-0.39, 0.29) is 0 Å². The van der Waals surface area contributed by atoms with E-state index in [1.165, 1.54) is 75.9 Å². The summed E-state index contributed by atoms with van der Waals surface area (Å²) < 4.78 is 19.3. The molecule has 9 heteroatoms. The van der Waals surface area contributed by atoms with Crippen molar-refractivity contribution in [2.45, 2.75) is 0 Å². The van der Waals surface area contributed by atoms with Crippen LogP contribution in [0.5, 0.6) is 0 Å². The van der Waals surface area contributed by atoms with Gasteiger partial charge in [-0.05, 0) is 330 Å². The molecule has 0 aliphatic carbocycles. The number of anilines is 9. The molecular weight excluding hydrogens is 1680 g/mol. The average Bonchev–Trinajstić information content (AvgIpc) is 0.972. The van der Waals surface area contributed by atoms with Crippen molar-refractivity contribution in [2.75, 3.05) is 14.7 Å². The number of pyridine rings is 3. The minimum atomic E-state index is 0.722. The summed E-state index contributed by atoms with van der Waals surface area (Å²) in [5, 5.41) is 18.5. The van der Waals surface area contributed by atoms with E-state index in [2.05, 4.69) is 444 Å². The van der Waals surface area contributed by atoms with Gasteiger partial charge in [0.15, 0.2) is 16.7 Å². The lowest BCUT2D eigenvalue weighted by Crippen LogP contribution is -2.10. The van der Waals surface area contributed by atoms with Gasteiger partial charge in [0.2, 0.25) is 0 Å². The van der Waals surface area contributed by atoms with Crippen LogP contribution in [-0.2, 0) is 0 Å². The Hall–Kier alpha value is -18.6. The van der Waals surface area contributed by atoms with Crippen molar-refractivity contribution in [1.82, 2.24) is 15.0 Å². The van der Waals surface area contributed by atoms with E-state index in [4.69, 9.17) is 23.2 Å². The molecule has 21 aromatic carbocycles. The molecule has 0 atom stereocenters. The maximum atomic E-state index is 6.56. The first-order chi connectivity index (χ1) is 68.3. The Bertz CT molecular complexity index is 9520. The zero-order valence-electron chi connectivity index (χ0n) is 74.6. The molecule has 6 aromatic heterocycles. The molecule has 0 saturated heterocycles. The van der Waals surface area contributed by atoms with Crippen LogP contribution in [0.4, 0.5) is 51.2 Å². The van der Waals surface area contributed by atoms with Gasteiger partial charge in [0.25, 0.3) is 0 Å². The fraction of sp³-hybridized carbons (Fsp3) is 0. The highest BCUT2D eigenvalue weighted by molar-refractivity contribution is 6.18. The summed E-state index contributed by atoms with van der Waals surface area (Å²) in [5.74, 6) is 0. The van der Waals surface area contributed by atoms with Gasteiger partial charge >= 0.3 is 0 Å². The maximum Gasteiger partial charge on any atom is 0.155 e. The van der Waals surface area contributed by atoms with Crippen molar-refractivity contribution in [3.8, 4) is 89.0 Å². The van der Waals surface area contributed by atoms with Gasteiger partial charge in [0.05, 0.1) is 18.1 Å². The van der Waals surface area contributed by atoms with Crippen molar-refractivity contribution in [1.29, 1.82) is 0 Å². The first-order valence-corrected chi connectivity index (χ1v) is 46.8. The number of aromatic nitrogens is 3. The molecule has 138 heavy (non-hydrogen) atoms. The van der Waals surface area contributed by atoms with Crippen LogP contribution in [0, 0.1) is 0 Å². The average molecular weight is 1760 g/mol. The zero-order chi connectivity index (χ0) is 90.8. The SMILES string of the molecule is c1ccc(-c2ccc(N(c3ccc(-c4cc5ccccc5c5cc(-c6cccc(-c7ccc(N(c8ccc(-c9cc%10ccc(-c%11cccc(-c%12ccc(N(c%13ccc(-c%14cc%15ccccc%15c%15ccccc%14%15)cc%13)c%13ccc%14c(c%13)oc%13cnccc%13%14)cc%12)c%11)cc%10c%10ccccc9%10)cc8)c8cnc9c(c8)oc8ccccc89)cc7)c6)ccc45)cc3)c3ccc4oc5cccnc5c4c3)cc2)cc1. The second kappa shape index (κ2) is 32.7. The molecule has 27 rings (SSSR count). The third-order valence-electron chi connectivity index (χ3n) is 27.8. The number of nitrogens with zero attached hydrogens (tertiary/aromatic N) is 6. The van der Waals surface area contributed by atoms with Gasteiger partial charge < -0.3 is 28.0 Å². The zero-order valence-corrected chi connectivity index (χ0v) is 74.6. The Balaban J connectivity index is 0.479. The highest BCUT2D eigenvalue weighted by Crippen LogP contribution is 2.49. The molecular formula is C129H80N6O3. The molecule has 644 valence electrons. The Kier molecular flexibility index (Phi) is 18.8. The van der Waals surface area contributed by atoms with Gasteiger partial charge in [-0.2, -0.15) is 0 Å². The van der Waals surface area contributed by atoms with E-state index < -0.39 is 0 Å². The fourth-order valence-corrected chi connectivity index (χ4v) is 21.0. The highest BCUT2D eigenvalue weighted by atomic mass is 16.3. The van der Waals surface area contributed by atoms with E-state index in [0.29, 0.717) is 0 Å². The van der Waals surface area contributed by atoms with Crippen LogP contribution in [0.1, 0.15) is 0 Å². The van der Waals surface area contributed by atoms with E-state index in [1.807, 2.05) is 55.0 Å². The molecule has 0 fully saturated rings. The van der Waals surface area contributed by atoms with Gasteiger partial charge in [0.1, 0.15) is 27.8 Å². The Morgan fingerprint density at radius 3 is 1.10 bits per heavy atom. The molecule has 0 aliphatic heterocycles. The summed E-state index contributed by atoms with van der Waals surface area (Å²) in [6.07, 6.45) is 7.42. The maximum absolute atomic E-state index is 6.56. The number of rotatable bonds is 17. The Morgan fingerprint density at radius 1 is 0.152 bits per heavy atom. The number of benzene rings is 21. The summed E-state index contributed by atoms with van der Waals surface area (Å²) in [6.45, 7) is 0.